The van der Waals surface area contributed by atoms with Gasteiger partial charge in [0.1, 0.15) is 5.82 Å². The van der Waals surface area contributed by atoms with E-state index in [0.717, 1.165) is 42.6 Å². The summed E-state index contributed by atoms with van der Waals surface area (Å²) in [6.45, 7) is 4.48. The highest BCUT2D eigenvalue weighted by molar-refractivity contribution is 7.08. The molecule has 0 N–H and O–H groups in total. The molecule has 1 aliphatic heterocycles. The van der Waals surface area contributed by atoms with E-state index >= 15 is 0 Å². The van der Waals surface area contributed by atoms with Crippen molar-refractivity contribution in [3.05, 3.63) is 29.0 Å². The summed E-state index contributed by atoms with van der Waals surface area (Å²) in [4.78, 5) is 2.26. The van der Waals surface area contributed by atoms with E-state index in [4.69, 9.17) is 9.84 Å². The van der Waals surface area contributed by atoms with Crippen molar-refractivity contribution in [2.24, 2.45) is 0 Å². The molecule has 1 fully saturated rings. The van der Waals surface area contributed by atoms with Crippen molar-refractivity contribution in [2.45, 2.75) is 13.0 Å². The van der Waals surface area contributed by atoms with Gasteiger partial charge in [0.2, 0.25) is 0 Å². The van der Waals surface area contributed by atoms with Gasteiger partial charge in [-0.3, -0.25) is 0 Å². The van der Waals surface area contributed by atoms with E-state index in [0.29, 0.717) is 6.04 Å². The lowest BCUT2D eigenvalue weighted by molar-refractivity contribution is 0.0984. The number of nitrogens with zero attached hydrogens (tertiary/aromatic N) is 5. The molecule has 0 radical (unpaired) electrons. The van der Waals surface area contributed by atoms with Gasteiger partial charge in [0, 0.05) is 17.5 Å². The summed E-state index contributed by atoms with van der Waals surface area (Å²) >= 11 is 1.64. The summed E-state index contributed by atoms with van der Waals surface area (Å²) in [6, 6.07) is 6.33. The zero-order valence-electron chi connectivity index (χ0n) is 11.6. The minimum absolute atomic E-state index is 0.324. The molecule has 6 nitrogen and oxygen atoms in total. The second kappa shape index (κ2) is 5.09. The zero-order valence-corrected chi connectivity index (χ0v) is 12.5. The number of rotatable bonds is 2. The molecular weight excluding hydrogens is 286 g/mol. The number of hydrogen-bond acceptors (Lipinski definition) is 6. The Hall–Kier alpha value is -1.99. The van der Waals surface area contributed by atoms with Crippen LogP contribution in [-0.4, -0.2) is 45.6 Å². The van der Waals surface area contributed by atoms with Crippen LogP contribution in [0.25, 0.3) is 17.0 Å². The molecule has 1 aliphatic rings. The average molecular weight is 301 g/mol. The van der Waals surface area contributed by atoms with Gasteiger partial charge in [0.25, 0.3) is 0 Å². The molecule has 0 spiro atoms. The Kier molecular flexibility index (Phi) is 3.08. The van der Waals surface area contributed by atoms with Crippen LogP contribution in [0, 0.1) is 0 Å². The van der Waals surface area contributed by atoms with E-state index in [9.17, 15) is 0 Å². The van der Waals surface area contributed by atoms with E-state index in [-0.39, 0.29) is 0 Å². The number of ether oxygens (including phenoxy) is 1. The molecule has 0 bridgehead atoms. The van der Waals surface area contributed by atoms with Crippen molar-refractivity contribution in [3.63, 3.8) is 0 Å². The maximum Gasteiger partial charge on any atom is 0.186 e. The normalized spacial score (nSPS) is 19.3. The van der Waals surface area contributed by atoms with Crippen LogP contribution in [0.3, 0.4) is 0 Å². The fourth-order valence-corrected chi connectivity index (χ4v) is 3.21. The third kappa shape index (κ3) is 2.18. The van der Waals surface area contributed by atoms with E-state index in [1.165, 1.54) is 0 Å². The van der Waals surface area contributed by atoms with E-state index < -0.39 is 0 Å². The van der Waals surface area contributed by atoms with E-state index in [1.807, 2.05) is 28.1 Å². The Labute approximate surface area is 126 Å². The maximum absolute atomic E-state index is 5.49. The van der Waals surface area contributed by atoms with Gasteiger partial charge in [0.15, 0.2) is 11.5 Å². The average Bonchev–Trinajstić information content (AvgIpc) is 3.16. The van der Waals surface area contributed by atoms with Crippen LogP contribution in [0.1, 0.15) is 6.92 Å². The van der Waals surface area contributed by atoms with Crippen LogP contribution in [0.15, 0.2) is 29.0 Å². The predicted octanol–water partition coefficient (Wildman–Crippen LogP) is 2.08. The standard InChI is InChI=1S/C14H15N5OS/c1-10-8-20-6-5-18(10)13-3-2-12-15-16-14(19(12)17-13)11-4-7-21-9-11/h2-4,7,9-10H,5-6,8H2,1H3. The molecule has 3 aromatic heterocycles. The summed E-state index contributed by atoms with van der Waals surface area (Å²) in [5.74, 6) is 1.73. The van der Waals surface area contributed by atoms with Gasteiger partial charge in [-0.1, -0.05) is 0 Å². The molecule has 21 heavy (non-hydrogen) atoms. The number of thiophene rings is 1. The summed E-state index contributed by atoms with van der Waals surface area (Å²) in [6.07, 6.45) is 0. The fourth-order valence-electron chi connectivity index (χ4n) is 2.57. The van der Waals surface area contributed by atoms with Crippen LogP contribution in [0.4, 0.5) is 5.82 Å². The molecule has 4 heterocycles. The Morgan fingerprint density at radius 1 is 1.29 bits per heavy atom. The summed E-state index contributed by atoms with van der Waals surface area (Å²) in [7, 11) is 0. The van der Waals surface area contributed by atoms with Gasteiger partial charge < -0.3 is 9.64 Å². The molecular formula is C14H15N5OS. The highest BCUT2D eigenvalue weighted by Crippen LogP contribution is 2.23. The fraction of sp³-hybridized carbons (Fsp3) is 0.357. The zero-order chi connectivity index (χ0) is 14.2. The minimum atomic E-state index is 0.324. The Balaban J connectivity index is 1.80. The van der Waals surface area contributed by atoms with Gasteiger partial charge in [-0.2, -0.15) is 15.9 Å². The maximum atomic E-state index is 5.49. The molecule has 0 amide bonds. The van der Waals surface area contributed by atoms with Gasteiger partial charge in [0.05, 0.1) is 19.3 Å². The van der Waals surface area contributed by atoms with Crippen molar-refractivity contribution in [3.8, 4) is 11.4 Å². The lowest BCUT2D eigenvalue weighted by Crippen LogP contribution is -2.44. The van der Waals surface area contributed by atoms with Crippen molar-refractivity contribution in [1.29, 1.82) is 0 Å². The largest absolute Gasteiger partial charge is 0.377 e. The van der Waals surface area contributed by atoms with Gasteiger partial charge in [-0.05, 0) is 30.5 Å². The predicted molar refractivity (Wildman–Crippen MR) is 81.7 cm³/mol. The number of fused-ring (bicyclic) bond motifs is 1. The van der Waals surface area contributed by atoms with Gasteiger partial charge in [-0.15, -0.1) is 15.3 Å². The highest BCUT2D eigenvalue weighted by atomic mass is 32.1. The summed E-state index contributed by atoms with van der Waals surface area (Å²) < 4.78 is 7.31. The molecule has 1 saturated heterocycles. The van der Waals surface area contributed by atoms with Gasteiger partial charge in [-0.25, -0.2) is 0 Å². The van der Waals surface area contributed by atoms with Gasteiger partial charge >= 0.3 is 0 Å². The van der Waals surface area contributed by atoms with Crippen molar-refractivity contribution in [1.82, 2.24) is 19.8 Å². The SMILES string of the molecule is CC1COCCN1c1ccc2nnc(-c3ccsc3)n2n1. The number of aromatic nitrogens is 4. The quantitative estimate of drug-likeness (QED) is 0.725. The van der Waals surface area contributed by atoms with Crippen LogP contribution in [0.2, 0.25) is 0 Å². The second-order valence-electron chi connectivity index (χ2n) is 5.11. The van der Waals surface area contributed by atoms with E-state index in [1.54, 1.807) is 11.3 Å². The minimum Gasteiger partial charge on any atom is -0.377 e. The smallest absolute Gasteiger partial charge is 0.186 e. The van der Waals surface area contributed by atoms with Crippen molar-refractivity contribution in [2.75, 3.05) is 24.7 Å². The second-order valence-corrected chi connectivity index (χ2v) is 5.89. The van der Waals surface area contributed by atoms with E-state index in [2.05, 4.69) is 27.4 Å². The molecule has 0 aromatic carbocycles. The topological polar surface area (TPSA) is 55.5 Å². The lowest BCUT2D eigenvalue weighted by atomic mass is 10.2. The first-order valence-electron chi connectivity index (χ1n) is 6.92. The third-order valence-electron chi connectivity index (χ3n) is 3.69. The Morgan fingerprint density at radius 3 is 3.05 bits per heavy atom. The van der Waals surface area contributed by atoms with Crippen LogP contribution < -0.4 is 4.90 Å². The first-order valence-corrected chi connectivity index (χ1v) is 7.86. The molecule has 3 aromatic rings. The molecule has 108 valence electrons. The first-order chi connectivity index (χ1) is 10.3. The van der Waals surface area contributed by atoms with Crippen molar-refractivity contribution >= 4 is 22.8 Å². The summed E-state index contributed by atoms with van der Waals surface area (Å²) in [5, 5.41) is 17.3. The van der Waals surface area contributed by atoms with Crippen molar-refractivity contribution < 1.29 is 4.74 Å². The monoisotopic (exact) mass is 301 g/mol. The number of anilines is 1. The van der Waals surface area contributed by atoms with Crippen LogP contribution >= 0.6 is 11.3 Å². The Bertz CT molecular complexity index is 754. The number of hydrogen-bond donors (Lipinski definition) is 0. The third-order valence-corrected chi connectivity index (χ3v) is 4.37. The summed E-state index contributed by atoms with van der Waals surface area (Å²) in [5.41, 5.74) is 1.81. The highest BCUT2D eigenvalue weighted by Gasteiger charge is 2.21. The molecule has 0 aliphatic carbocycles. The lowest BCUT2D eigenvalue weighted by Gasteiger charge is -2.34. The Morgan fingerprint density at radius 2 is 2.24 bits per heavy atom. The first kappa shape index (κ1) is 12.7. The molecule has 1 unspecified atom stereocenters. The molecule has 7 heteroatoms. The van der Waals surface area contributed by atoms with Crippen LogP contribution in [-0.2, 0) is 4.74 Å². The number of morpholine rings is 1. The molecule has 1 atom stereocenters. The molecule has 0 saturated carbocycles. The van der Waals surface area contributed by atoms with Crippen LogP contribution in [0.5, 0.6) is 0 Å². The molecule has 4 rings (SSSR count).